The third kappa shape index (κ3) is 4.68. The third-order valence-electron chi connectivity index (χ3n) is 5.21. The number of pyridine rings is 1. The Balaban J connectivity index is 1.74. The third-order valence-corrected chi connectivity index (χ3v) is 6.60. The summed E-state index contributed by atoms with van der Waals surface area (Å²) >= 11 is 0. The predicted molar refractivity (Wildman–Crippen MR) is 126 cm³/mol. The van der Waals surface area contributed by atoms with E-state index in [9.17, 15) is 13.2 Å². The minimum Gasteiger partial charge on any atom is -0.449 e. The van der Waals surface area contributed by atoms with Crippen molar-refractivity contribution in [3.8, 4) is 17.0 Å². The molecular formula is C24H23N3O5S. The van der Waals surface area contributed by atoms with E-state index in [4.69, 9.17) is 9.84 Å². The number of rotatable bonds is 5. The molecule has 0 atom stereocenters. The number of ether oxygens (including phenoxy) is 1. The Morgan fingerprint density at radius 2 is 1.70 bits per heavy atom. The number of nitrogens with zero attached hydrogens (tertiary/aromatic N) is 1. The van der Waals surface area contributed by atoms with E-state index < -0.39 is 16.2 Å². The van der Waals surface area contributed by atoms with E-state index in [2.05, 4.69) is 35.5 Å². The number of aromatic amines is 1. The molecule has 0 saturated carbocycles. The summed E-state index contributed by atoms with van der Waals surface area (Å²) in [6.45, 7) is 6.18. The quantitative estimate of drug-likeness (QED) is 0.340. The van der Waals surface area contributed by atoms with E-state index in [1.807, 2.05) is 0 Å². The highest BCUT2D eigenvalue weighted by Gasteiger charge is 2.20. The lowest BCUT2D eigenvalue weighted by molar-refractivity contribution is 0.143. The standard InChI is InChI=1S/C24H23N3O5S/c1-24(2,3)16-4-7-18(8-5-16)33(30,31)27-17-6-9-20-19(14-17)21(15-10-12-25-13-11-15)22(26-20)32-23(28)29/h4-14,26-27H,1-3H3,(H,28,29). The number of nitrogens with one attached hydrogen (secondary N) is 2. The normalized spacial score (nSPS) is 12.0. The summed E-state index contributed by atoms with van der Waals surface area (Å²) in [4.78, 5) is 18.3. The first-order valence-electron chi connectivity index (χ1n) is 10.1. The number of sulfonamides is 1. The average Bonchev–Trinajstić information content (AvgIpc) is 3.10. The maximum atomic E-state index is 13.0. The molecule has 33 heavy (non-hydrogen) atoms. The lowest BCUT2D eigenvalue weighted by Gasteiger charge is -2.19. The Kier molecular flexibility index (Phi) is 5.59. The molecule has 3 N–H and O–H groups in total. The molecule has 4 rings (SSSR count). The van der Waals surface area contributed by atoms with Gasteiger partial charge in [-0.3, -0.25) is 9.71 Å². The summed E-state index contributed by atoms with van der Waals surface area (Å²) in [5.41, 5.74) is 3.03. The molecule has 0 spiro atoms. The molecule has 2 aromatic heterocycles. The van der Waals surface area contributed by atoms with Crippen molar-refractivity contribution >= 4 is 32.8 Å². The van der Waals surface area contributed by atoms with Crippen LogP contribution in [0.2, 0.25) is 0 Å². The molecule has 0 aliphatic heterocycles. The largest absolute Gasteiger partial charge is 0.512 e. The molecule has 170 valence electrons. The Hall–Kier alpha value is -3.85. The molecule has 0 fully saturated rings. The fraction of sp³-hybridized carbons (Fsp3) is 0.167. The van der Waals surface area contributed by atoms with E-state index in [-0.39, 0.29) is 16.2 Å². The van der Waals surface area contributed by atoms with Crippen LogP contribution in [0, 0.1) is 0 Å². The highest BCUT2D eigenvalue weighted by Crippen LogP contribution is 2.38. The van der Waals surface area contributed by atoms with E-state index in [1.54, 1.807) is 67.0 Å². The highest BCUT2D eigenvalue weighted by atomic mass is 32.2. The zero-order valence-electron chi connectivity index (χ0n) is 18.3. The van der Waals surface area contributed by atoms with Gasteiger partial charge in [0.25, 0.3) is 10.0 Å². The second-order valence-electron chi connectivity index (χ2n) is 8.57. The predicted octanol–water partition coefficient (Wildman–Crippen LogP) is 5.39. The molecule has 0 unspecified atom stereocenters. The number of hydrogen-bond acceptors (Lipinski definition) is 5. The van der Waals surface area contributed by atoms with E-state index in [1.165, 1.54) is 0 Å². The van der Waals surface area contributed by atoms with Crippen LogP contribution in [0.4, 0.5) is 10.5 Å². The van der Waals surface area contributed by atoms with Crippen molar-refractivity contribution in [2.45, 2.75) is 31.1 Å². The van der Waals surface area contributed by atoms with Crippen LogP contribution in [0.25, 0.3) is 22.0 Å². The lowest BCUT2D eigenvalue weighted by Crippen LogP contribution is -2.14. The summed E-state index contributed by atoms with van der Waals surface area (Å²) < 4.78 is 33.5. The molecule has 2 aromatic carbocycles. The second kappa shape index (κ2) is 8.25. The van der Waals surface area contributed by atoms with Gasteiger partial charge in [-0.15, -0.1) is 0 Å². The average molecular weight is 466 g/mol. The van der Waals surface area contributed by atoms with E-state index >= 15 is 0 Å². The van der Waals surface area contributed by atoms with Gasteiger partial charge in [0, 0.05) is 29.0 Å². The molecule has 0 saturated heterocycles. The Labute approximate surface area is 191 Å². The van der Waals surface area contributed by atoms with Crippen LogP contribution < -0.4 is 9.46 Å². The molecule has 0 radical (unpaired) electrons. The van der Waals surface area contributed by atoms with Gasteiger partial charge in [-0.05, 0) is 59.0 Å². The minimum atomic E-state index is -3.83. The van der Waals surface area contributed by atoms with Gasteiger partial charge in [0.2, 0.25) is 5.88 Å². The van der Waals surface area contributed by atoms with Gasteiger partial charge in [-0.1, -0.05) is 32.9 Å². The van der Waals surface area contributed by atoms with Crippen molar-refractivity contribution in [2.24, 2.45) is 0 Å². The van der Waals surface area contributed by atoms with Crippen molar-refractivity contribution < 1.29 is 23.1 Å². The fourth-order valence-corrected chi connectivity index (χ4v) is 4.60. The topological polar surface area (TPSA) is 121 Å². The van der Waals surface area contributed by atoms with Gasteiger partial charge in [0.15, 0.2) is 0 Å². The summed E-state index contributed by atoms with van der Waals surface area (Å²) in [6, 6.07) is 15.1. The zero-order valence-corrected chi connectivity index (χ0v) is 19.1. The van der Waals surface area contributed by atoms with Crippen molar-refractivity contribution in [1.82, 2.24) is 9.97 Å². The van der Waals surface area contributed by atoms with Crippen LogP contribution in [0.1, 0.15) is 26.3 Å². The van der Waals surface area contributed by atoms with Crippen LogP contribution in [-0.2, 0) is 15.4 Å². The molecule has 2 heterocycles. The van der Waals surface area contributed by atoms with Crippen LogP contribution in [-0.4, -0.2) is 29.6 Å². The van der Waals surface area contributed by atoms with Crippen molar-refractivity contribution in [2.75, 3.05) is 4.72 Å². The first kappa shape index (κ1) is 22.3. The van der Waals surface area contributed by atoms with Gasteiger partial charge in [0.05, 0.1) is 10.5 Å². The smallest absolute Gasteiger partial charge is 0.449 e. The van der Waals surface area contributed by atoms with Crippen LogP contribution in [0.3, 0.4) is 0 Å². The fourth-order valence-electron chi connectivity index (χ4n) is 3.55. The van der Waals surface area contributed by atoms with Crippen LogP contribution in [0.5, 0.6) is 5.88 Å². The first-order chi connectivity index (χ1) is 15.5. The van der Waals surface area contributed by atoms with Crippen LogP contribution in [0.15, 0.2) is 71.9 Å². The Morgan fingerprint density at radius 1 is 1.03 bits per heavy atom. The lowest BCUT2D eigenvalue weighted by atomic mass is 9.87. The molecular weight excluding hydrogens is 442 g/mol. The molecule has 0 aliphatic rings. The van der Waals surface area contributed by atoms with Crippen LogP contribution >= 0.6 is 0 Å². The van der Waals surface area contributed by atoms with Gasteiger partial charge in [0.1, 0.15) is 0 Å². The first-order valence-corrected chi connectivity index (χ1v) is 11.6. The molecule has 0 amide bonds. The molecule has 0 bridgehead atoms. The summed E-state index contributed by atoms with van der Waals surface area (Å²) in [7, 11) is -3.83. The van der Waals surface area contributed by atoms with E-state index in [0.717, 1.165) is 5.56 Å². The number of H-pyrrole nitrogens is 1. The number of anilines is 1. The molecule has 0 aliphatic carbocycles. The number of hydrogen-bond donors (Lipinski definition) is 3. The van der Waals surface area contributed by atoms with Gasteiger partial charge in [-0.25, -0.2) is 13.2 Å². The Bertz CT molecular complexity index is 1420. The van der Waals surface area contributed by atoms with Gasteiger partial charge >= 0.3 is 6.16 Å². The van der Waals surface area contributed by atoms with Gasteiger partial charge in [-0.2, -0.15) is 0 Å². The maximum absolute atomic E-state index is 13.0. The molecule has 8 nitrogen and oxygen atoms in total. The van der Waals surface area contributed by atoms with Crippen molar-refractivity contribution in [3.05, 3.63) is 72.6 Å². The summed E-state index contributed by atoms with van der Waals surface area (Å²) in [5, 5.41) is 9.72. The Morgan fingerprint density at radius 3 is 2.30 bits per heavy atom. The molecule has 4 aromatic rings. The van der Waals surface area contributed by atoms with Gasteiger partial charge < -0.3 is 14.8 Å². The highest BCUT2D eigenvalue weighted by molar-refractivity contribution is 7.92. The van der Waals surface area contributed by atoms with Crippen molar-refractivity contribution in [1.29, 1.82) is 0 Å². The number of carboxylic acid groups (broad SMARTS) is 1. The second-order valence-corrected chi connectivity index (χ2v) is 10.3. The number of aromatic nitrogens is 2. The number of benzene rings is 2. The monoisotopic (exact) mass is 465 g/mol. The summed E-state index contributed by atoms with van der Waals surface area (Å²) in [5.74, 6) is 0.0430. The molecule has 9 heteroatoms. The van der Waals surface area contributed by atoms with E-state index in [0.29, 0.717) is 27.7 Å². The minimum absolute atomic E-state index is 0.0430. The van der Waals surface area contributed by atoms with Crippen molar-refractivity contribution in [3.63, 3.8) is 0 Å². The summed E-state index contributed by atoms with van der Waals surface area (Å²) in [6.07, 6.45) is 1.69. The number of carbonyl (C=O) groups is 1. The SMILES string of the molecule is CC(C)(C)c1ccc(S(=O)(=O)Nc2ccc3[nH]c(OC(=O)O)c(-c4ccncc4)c3c2)cc1. The zero-order chi connectivity index (χ0) is 23.8. The number of fused-ring (bicyclic) bond motifs is 1. The maximum Gasteiger partial charge on any atom is 0.512 e.